The zero-order valence-corrected chi connectivity index (χ0v) is 11.5. The molecule has 1 aliphatic heterocycles. The van der Waals surface area contributed by atoms with Gasteiger partial charge in [-0.1, -0.05) is 17.7 Å². The minimum absolute atomic E-state index is 0.0901. The molecule has 0 bridgehead atoms. The molecule has 6 heteroatoms. The molecule has 1 amide bonds. The van der Waals surface area contributed by atoms with E-state index in [0.29, 0.717) is 18.1 Å². The smallest absolute Gasteiger partial charge is 0.236 e. The quantitative estimate of drug-likeness (QED) is 0.880. The van der Waals surface area contributed by atoms with E-state index in [9.17, 15) is 9.18 Å². The van der Waals surface area contributed by atoms with E-state index in [1.807, 2.05) is 11.8 Å². The number of carbonyl (C=O) groups excluding carboxylic acids is 1. The molecule has 104 valence electrons. The van der Waals surface area contributed by atoms with Gasteiger partial charge in [0, 0.05) is 30.7 Å². The van der Waals surface area contributed by atoms with E-state index in [1.165, 1.54) is 12.1 Å². The lowest BCUT2D eigenvalue weighted by Crippen LogP contribution is -2.57. The molecule has 4 nitrogen and oxygen atoms in total. The zero-order valence-electron chi connectivity index (χ0n) is 10.7. The fourth-order valence-electron chi connectivity index (χ4n) is 2.47. The van der Waals surface area contributed by atoms with Crippen molar-refractivity contribution in [3.8, 4) is 0 Å². The predicted molar refractivity (Wildman–Crippen MR) is 72.4 cm³/mol. The molecule has 19 heavy (non-hydrogen) atoms. The fraction of sp³-hybridized carbons (Fsp3) is 0.462. The van der Waals surface area contributed by atoms with Crippen molar-refractivity contribution in [3.63, 3.8) is 0 Å². The van der Waals surface area contributed by atoms with Crippen molar-refractivity contribution in [3.05, 3.63) is 34.6 Å². The van der Waals surface area contributed by atoms with Gasteiger partial charge in [0.1, 0.15) is 11.9 Å². The highest BCUT2D eigenvalue weighted by Gasteiger charge is 2.31. The molecule has 0 spiro atoms. The van der Waals surface area contributed by atoms with Gasteiger partial charge in [-0.15, -0.1) is 0 Å². The van der Waals surface area contributed by atoms with Crippen molar-refractivity contribution in [2.75, 3.05) is 19.6 Å². The Kier molecular flexibility index (Phi) is 4.39. The summed E-state index contributed by atoms with van der Waals surface area (Å²) in [4.78, 5) is 13.5. The summed E-state index contributed by atoms with van der Waals surface area (Å²) in [6, 6.07) is 3.86. The molecule has 3 N–H and O–H groups in total. The zero-order chi connectivity index (χ0) is 14.0. The average Bonchev–Trinajstić information content (AvgIpc) is 2.38. The Bertz CT molecular complexity index is 483. The van der Waals surface area contributed by atoms with Crippen LogP contribution in [-0.2, 0) is 4.79 Å². The largest absolute Gasteiger partial charge is 0.368 e. The van der Waals surface area contributed by atoms with Crippen LogP contribution >= 0.6 is 11.6 Å². The maximum absolute atomic E-state index is 13.1. The van der Waals surface area contributed by atoms with E-state index in [4.69, 9.17) is 17.3 Å². The number of halogens is 2. The van der Waals surface area contributed by atoms with Gasteiger partial charge in [0.15, 0.2) is 0 Å². The van der Waals surface area contributed by atoms with Crippen molar-refractivity contribution in [1.29, 1.82) is 0 Å². The van der Waals surface area contributed by atoms with Crippen LogP contribution in [0.5, 0.6) is 0 Å². The summed E-state index contributed by atoms with van der Waals surface area (Å²) in [5, 5.41) is 3.51. The Morgan fingerprint density at radius 1 is 1.63 bits per heavy atom. The molecule has 2 rings (SSSR count). The molecule has 1 saturated heterocycles. The van der Waals surface area contributed by atoms with Crippen molar-refractivity contribution < 1.29 is 9.18 Å². The first kappa shape index (κ1) is 14.2. The number of nitrogens with zero attached hydrogens (tertiary/aromatic N) is 1. The second-order valence-electron chi connectivity index (χ2n) is 4.70. The van der Waals surface area contributed by atoms with Crippen molar-refractivity contribution in [1.82, 2.24) is 10.2 Å². The van der Waals surface area contributed by atoms with E-state index in [1.54, 1.807) is 6.07 Å². The van der Waals surface area contributed by atoms with Gasteiger partial charge >= 0.3 is 0 Å². The second-order valence-corrected chi connectivity index (χ2v) is 5.11. The Morgan fingerprint density at radius 3 is 3.00 bits per heavy atom. The lowest BCUT2D eigenvalue weighted by molar-refractivity contribution is -0.124. The Labute approximate surface area is 116 Å². The number of carbonyl (C=O) groups is 1. The van der Waals surface area contributed by atoms with E-state index < -0.39 is 0 Å². The number of amides is 1. The standard InChI is InChI=1S/C13H17ClFN3O/c1-8(10-3-2-9(15)6-11(10)14)18-5-4-17-7-12(18)13(16)19/h2-3,6,8,12,17H,4-5,7H2,1H3,(H2,16,19). The molecule has 2 unspecified atom stereocenters. The molecular formula is C13H17ClFN3O. The van der Waals surface area contributed by atoms with E-state index in [-0.39, 0.29) is 23.8 Å². The van der Waals surface area contributed by atoms with Gasteiger partial charge in [-0.25, -0.2) is 4.39 Å². The minimum atomic E-state index is -0.370. The summed E-state index contributed by atoms with van der Waals surface area (Å²) in [5.41, 5.74) is 6.22. The summed E-state index contributed by atoms with van der Waals surface area (Å²) in [6.45, 7) is 3.95. The molecule has 0 saturated carbocycles. The van der Waals surface area contributed by atoms with Crippen LogP contribution in [0.3, 0.4) is 0 Å². The van der Waals surface area contributed by atoms with Crippen LogP contribution in [0.4, 0.5) is 4.39 Å². The minimum Gasteiger partial charge on any atom is -0.368 e. The Hall–Kier alpha value is -1.17. The lowest BCUT2D eigenvalue weighted by Gasteiger charge is -2.38. The third kappa shape index (κ3) is 3.05. The number of primary amides is 1. The number of nitrogens with one attached hydrogen (secondary N) is 1. The highest BCUT2D eigenvalue weighted by molar-refractivity contribution is 6.31. The van der Waals surface area contributed by atoms with Gasteiger partial charge in [0.05, 0.1) is 0 Å². The molecule has 1 heterocycles. The second kappa shape index (κ2) is 5.86. The summed E-state index contributed by atoms with van der Waals surface area (Å²) in [7, 11) is 0. The van der Waals surface area contributed by atoms with E-state index >= 15 is 0 Å². The first-order chi connectivity index (χ1) is 9.00. The molecule has 1 aromatic rings. The van der Waals surface area contributed by atoms with Crippen LogP contribution in [0.25, 0.3) is 0 Å². The maximum Gasteiger partial charge on any atom is 0.236 e. The van der Waals surface area contributed by atoms with Crippen LogP contribution in [0.2, 0.25) is 5.02 Å². The number of hydrogen-bond acceptors (Lipinski definition) is 3. The molecule has 0 aliphatic carbocycles. The molecular weight excluding hydrogens is 269 g/mol. The van der Waals surface area contributed by atoms with Crippen LogP contribution in [-0.4, -0.2) is 36.5 Å². The van der Waals surface area contributed by atoms with Gasteiger partial charge in [0.2, 0.25) is 5.91 Å². The van der Waals surface area contributed by atoms with Gasteiger partial charge < -0.3 is 11.1 Å². The Balaban J connectivity index is 2.25. The van der Waals surface area contributed by atoms with Crippen LogP contribution in [0.15, 0.2) is 18.2 Å². The van der Waals surface area contributed by atoms with Crippen LogP contribution in [0, 0.1) is 5.82 Å². The summed E-state index contributed by atoms with van der Waals surface area (Å²) in [5.74, 6) is -0.731. The third-order valence-corrected chi connectivity index (χ3v) is 3.85. The van der Waals surface area contributed by atoms with Gasteiger partial charge in [-0.3, -0.25) is 9.69 Å². The SMILES string of the molecule is CC(c1ccc(F)cc1Cl)N1CCNCC1C(N)=O. The topological polar surface area (TPSA) is 58.4 Å². The monoisotopic (exact) mass is 285 g/mol. The van der Waals surface area contributed by atoms with Crippen molar-refractivity contribution >= 4 is 17.5 Å². The molecule has 1 aromatic carbocycles. The highest BCUT2D eigenvalue weighted by Crippen LogP contribution is 2.29. The summed E-state index contributed by atoms with van der Waals surface area (Å²) >= 11 is 6.07. The molecule has 0 radical (unpaired) electrons. The van der Waals surface area contributed by atoms with Gasteiger partial charge in [-0.2, -0.15) is 0 Å². The van der Waals surface area contributed by atoms with Crippen LogP contribution in [0.1, 0.15) is 18.5 Å². The van der Waals surface area contributed by atoms with E-state index in [0.717, 1.165) is 12.1 Å². The van der Waals surface area contributed by atoms with Crippen molar-refractivity contribution in [2.45, 2.75) is 19.0 Å². The van der Waals surface area contributed by atoms with E-state index in [2.05, 4.69) is 5.32 Å². The maximum atomic E-state index is 13.1. The molecule has 1 aliphatic rings. The number of benzene rings is 1. The lowest BCUT2D eigenvalue weighted by atomic mass is 10.0. The number of nitrogens with two attached hydrogens (primary N) is 1. The fourth-order valence-corrected chi connectivity index (χ4v) is 2.79. The predicted octanol–water partition coefficient (Wildman–Crippen LogP) is 1.30. The average molecular weight is 286 g/mol. The number of hydrogen-bond donors (Lipinski definition) is 2. The number of rotatable bonds is 3. The molecule has 1 fully saturated rings. The van der Waals surface area contributed by atoms with Crippen molar-refractivity contribution in [2.24, 2.45) is 5.73 Å². The molecule has 2 atom stereocenters. The third-order valence-electron chi connectivity index (χ3n) is 3.52. The summed E-state index contributed by atoms with van der Waals surface area (Å²) < 4.78 is 13.1. The highest BCUT2D eigenvalue weighted by atomic mass is 35.5. The Morgan fingerprint density at radius 2 is 2.37 bits per heavy atom. The number of piperazine rings is 1. The summed E-state index contributed by atoms with van der Waals surface area (Å²) in [6.07, 6.45) is 0. The first-order valence-corrected chi connectivity index (χ1v) is 6.59. The van der Waals surface area contributed by atoms with Crippen LogP contribution < -0.4 is 11.1 Å². The first-order valence-electron chi connectivity index (χ1n) is 6.21. The van der Waals surface area contributed by atoms with Gasteiger partial charge in [-0.05, 0) is 24.6 Å². The normalized spacial score (nSPS) is 22.2. The molecule has 0 aromatic heterocycles. The van der Waals surface area contributed by atoms with Gasteiger partial charge in [0.25, 0.3) is 0 Å².